The number of rotatable bonds is 4. The van der Waals surface area contributed by atoms with Gasteiger partial charge >= 0.3 is 0 Å². The molecule has 0 radical (unpaired) electrons. The van der Waals surface area contributed by atoms with Crippen molar-refractivity contribution < 1.29 is 9.53 Å². The zero-order valence-corrected chi connectivity index (χ0v) is 12.5. The molecule has 0 aliphatic carbocycles. The number of carbonyl (C=O) groups excluding carboxylic acids is 1. The molecule has 0 saturated carbocycles. The largest absolute Gasteiger partial charge is 0.480 e. The van der Waals surface area contributed by atoms with Crippen LogP contribution in [0.1, 0.15) is 16.1 Å². The van der Waals surface area contributed by atoms with Crippen molar-refractivity contribution in [3.63, 3.8) is 0 Å². The average molecular weight is 317 g/mol. The summed E-state index contributed by atoms with van der Waals surface area (Å²) < 4.78 is 6.54. The topological polar surface area (TPSA) is 68.5 Å². The van der Waals surface area contributed by atoms with Crippen molar-refractivity contribution in [1.82, 2.24) is 19.9 Å². The van der Waals surface area contributed by atoms with Crippen molar-refractivity contribution in [2.24, 2.45) is 0 Å². The summed E-state index contributed by atoms with van der Waals surface area (Å²) in [6, 6.07) is 10.7. The van der Waals surface area contributed by atoms with Crippen LogP contribution in [0, 0.1) is 0 Å². The van der Waals surface area contributed by atoms with E-state index in [0.717, 1.165) is 5.56 Å². The lowest BCUT2D eigenvalue weighted by atomic mass is 10.2. The van der Waals surface area contributed by atoms with E-state index in [0.29, 0.717) is 28.8 Å². The van der Waals surface area contributed by atoms with Gasteiger partial charge in [0.2, 0.25) is 5.88 Å². The van der Waals surface area contributed by atoms with E-state index in [1.54, 1.807) is 30.5 Å². The van der Waals surface area contributed by atoms with Gasteiger partial charge in [0.1, 0.15) is 5.69 Å². The van der Waals surface area contributed by atoms with Crippen LogP contribution in [0.3, 0.4) is 0 Å². The van der Waals surface area contributed by atoms with Crippen LogP contribution in [0.15, 0.2) is 42.6 Å². The van der Waals surface area contributed by atoms with Crippen LogP contribution in [-0.4, -0.2) is 27.6 Å². The summed E-state index contributed by atoms with van der Waals surface area (Å²) in [6.45, 7) is 0.379. The molecule has 6 nitrogen and oxygen atoms in total. The van der Waals surface area contributed by atoms with Crippen molar-refractivity contribution in [1.29, 1.82) is 0 Å². The van der Waals surface area contributed by atoms with Crippen LogP contribution in [-0.2, 0) is 6.54 Å². The molecule has 112 valence electrons. The number of methoxy groups -OCH3 is 1. The summed E-state index contributed by atoms with van der Waals surface area (Å²) in [5.41, 5.74) is 1.79. The van der Waals surface area contributed by atoms with Gasteiger partial charge < -0.3 is 10.1 Å². The van der Waals surface area contributed by atoms with Gasteiger partial charge in [0.25, 0.3) is 5.91 Å². The molecule has 3 aromatic rings. The average Bonchev–Trinajstić information content (AvgIpc) is 2.95. The molecule has 0 bridgehead atoms. The summed E-state index contributed by atoms with van der Waals surface area (Å²) in [4.78, 5) is 16.4. The third kappa shape index (κ3) is 3.01. The van der Waals surface area contributed by atoms with E-state index in [2.05, 4.69) is 15.4 Å². The second-order valence-electron chi connectivity index (χ2n) is 4.62. The summed E-state index contributed by atoms with van der Waals surface area (Å²) in [5.74, 6) is 0.181. The Kier molecular flexibility index (Phi) is 3.93. The Morgan fingerprint density at radius 2 is 2.23 bits per heavy atom. The summed E-state index contributed by atoms with van der Waals surface area (Å²) in [5, 5.41) is 7.60. The number of carbonyl (C=O) groups is 1. The van der Waals surface area contributed by atoms with Gasteiger partial charge in [-0.25, -0.2) is 9.50 Å². The molecule has 0 fully saturated rings. The first-order chi connectivity index (χ1) is 10.7. The lowest BCUT2D eigenvalue weighted by Gasteiger charge is -2.03. The van der Waals surface area contributed by atoms with Gasteiger partial charge in [-0.1, -0.05) is 23.7 Å². The third-order valence-electron chi connectivity index (χ3n) is 3.08. The molecule has 1 N–H and O–H groups in total. The normalized spacial score (nSPS) is 10.6. The second kappa shape index (κ2) is 6.03. The van der Waals surface area contributed by atoms with E-state index in [-0.39, 0.29) is 5.91 Å². The van der Waals surface area contributed by atoms with E-state index in [9.17, 15) is 4.79 Å². The SMILES string of the molecule is COc1ccc2nc(C(=O)NCc3cccc(Cl)c3)cn2n1. The summed E-state index contributed by atoms with van der Waals surface area (Å²) in [6.07, 6.45) is 1.56. The maximum atomic E-state index is 12.1. The molecule has 0 aliphatic heterocycles. The Balaban J connectivity index is 1.74. The summed E-state index contributed by atoms with van der Waals surface area (Å²) in [7, 11) is 1.53. The molecule has 2 heterocycles. The van der Waals surface area contributed by atoms with Crippen LogP contribution in [0.4, 0.5) is 0 Å². The number of halogens is 1. The number of hydrogen-bond donors (Lipinski definition) is 1. The highest BCUT2D eigenvalue weighted by Crippen LogP contribution is 2.11. The molecule has 1 amide bonds. The molecule has 0 aliphatic rings. The van der Waals surface area contributed by atoms with Crippen molar-refractivity contribution in [3.05, 3.63) is 58.9 Å². The standard InChI is InChI=1S/C15H13ClN4O2/c1-22-14-6-5-13-18-12(9-20(13)19-14)15(21)17-8-10-3-2-4-11(16)7-10/h2-7,9H,8H2,1H3,(H,17,21). The Hall–Kier alpha value is -2.60. The number of nitrogens with zero attached hydrogens (tertiary/aromatic N) is 3. The van der Waals surface area contributed by atoms with Gasteiger partial charge in [-0.15, -0.1) is 5.10 Å². The number of benzene rings is 1. The molecule has 0 atom stereocenters. The van der Waals surface area contributed by atoms with Crippen LogP contribution < -0.4 is 10.1 Å². The fourth-order valence-corrected chi connectivity index (χ4v) is 2.22. The van der Waals surface area contributed by atoms with E-state index >= 15 is 0 Å². The van der Waals surface area contributed by atoms with Gasteiger partial charge in [-0.05, 0) is 23.8 Å². The number of fused-ring (bicyclic) bond motifs is 1. The van der Waals surface area contributed by atoms with Gasteiger partial charge in [-0.2, -0.15) is 0 Å². The van der Waals surface area contributed by atoms with Crippen molar-refractivity contribution >= 4 is 23.2 Å². The van der Waals surface area contributed by atoms with Crippen LogP contribution >= 0.6 is 11.6 Å². The molecular formula is C15H13ClN4O2. The Morgan fingerprint density at radius 1 is 1.36 bits per heavy atom. The van der Waals surface area contributed by atoms with Crippen molar-refractivity contribution in [3.8, 4) is 5.88 Å². The highest BCUT2D eigenvalue weighted by atomic mass is 35.5. The lowest BCUT2D eigenvalue weighted by Crippen LogP contribution is -2.23. The zero-order chi connectivity index (χ0) is 15.5. The Morgan fingerprint density at radius 3 is 3.00 bits per heavy atom. The minimum absolute atomic E-state index is 0.274. The van der Waals surface area contributed by atoms with Gasteiger partial charge in [0.15, 0.2) is 5.65 Å². The third-order valence-corrected chi connectivity index (χ3v) is 3.31. The number of hydrogen-bond acceptors (Lipinski definition) is 4. The first-order valence-corrected chi connectivity index (χ1v) is 6.96. The predicted octanol–water partition coefficient (Wildman–Crippen LogP) is 2.32. The van der Waals surface area contributed by atoms with Gasteiger partial charge in [0, 0.05) is 17.6 Å². The molecule has 3 rings (SSSR count). The monoisotopic (exact) mass is 316 g/mol. The van der Waals surface area contributed by atoms with Crippen LogP contribution in [0.25, 0.3) is 5.65 Å². The van der Waals surface area contributed by atoms with Crippen molar-refractivity contribution in [2.75, 3.05) is 7.11 Å². The molecular weight excluding hydrogens is 304 g/mol. The fraction of sp³-hybridized carbons (Fsp3) is 0.133. The Labute approximate surface area is 131 Å². The minimum atomic E-state index is -0.274. The fourth-order valence-electron chi connectivity index (χ4n) is 2.00. The molecule has 0 saturated heterocycles. The maximum absolute atomic E-state index is 12.1. The zero-order valence-electron chi connectivity index (χ0n) is 11.8. The number of aromatic nitrogens is 3. The number of nitrogens with one attached hydrogen (secondary N) is 1. The number of imidazole rings is 1. The molecule has 0 spiro atoms. The highest BCUT2D eigenvalue weighted by Gasteiger charge is 2.11. The maximum Gasteiger partial charge on any atom is 0.271 e. The first-order valence-electron chi connectivity index (χ1n) is 6.59. The molecule has 1 aromatic carbocycles. The smallest absolute Gasteiger partial charge is 0.271 e. The number of ether oxygens (including phenoxy) is 1. The molecule has 2 aromatic heterocycles. The number of amides is 1. The van der Waals surface area contributed by atoms with E-state index in [1.165, 1.54) is 11.6 Å². The predicted molar refractivity (Wildman–Crippen MR) is 82.2 cm³/mol. The van der Waals surface area contributed by atoms with E-state index in [4.69, 9.17) is 16.3 Å². The minimum Gasteiger partial charge on any atom is -0.480 e. The molecule has 7 heteroatoms. The summed E-state index contributed by atoms with van der Waals surface area (Å²) >= 11 is 5.91. The first kappa shape index (κ1) is 14.3. The van der Waals surface area contributed by atoms with Crippen molar-refractivity contribution in [2.45, 2.75) is 6.54 Å². The lowest BCUT2D eigenvalue weighted by molar-refractivity contribution is 0.0946. The van der Waals surface area contributed by atoms with E-state index < -0.39 is 0 Å². The van der Waals surface area contributed by atoms with Crippen LogP contribution in [0.5, 0.6) is 5.88 Å². The van der Waals surface area contributed by atoms with Gasteiger partial charge in [-0.3, -0.25) is 4.79 Å². The van der Waals surface area contributed by atoms with E-state index in [1.807, 2.05) is 12.1 Å². The van der Waals surface area contributed by atoms with Crippen LogP contribution in [0.2, 0.25) is 5.02 Å². The Bertz CT molecular complexity index is 831. The molecule has 0 unspecified atom stereocenters. The highest BCUT2D eigenvalue weighted by molar-refractivity contribution is 6.30. The quantitative estimate of drug-likeness (QED) is 0.802. The second-order valence-corrected chi connectivity index (χ2v) is 5.05. The molecule has 22 heavy (non-hydrogen) atoms. The van der Waals surface area contributed by atoms with Gasteiger partial charge in [0.05, 0.1) is 13.3 Å².